The second kappa shape index (κ2) is 15.3. The molecule has 0 aliphatic carbocycles. The molecule has 13 rings (SSSR count). The minimum atomic E-state index is 0. The molecule has 0 aliphatic heterocycles. The van der Waals surface area contributed by atoms with Gasteiger partial charge in [0.25, 0.3) is 0 Å². The number of nitrogens with zero attached hydrogens (tertiary/aromatic N) is 7. The van der Waals surface area contributed by atoms with Crippen LogP contribution >= 0.6 is 0 Å². The normalized spacial score (nSPS) is 11.6. The zero-order valence-corrected chi connectivity index (χ0v) is 37.1. The monoisotopic (exact) mass is 1020 g/mol. The Morgan fingerprint density at radius 3 is 1.48 bits per heavy atom. The maximum Gasteiger partial charge on any atom is 2.00 e. The number of benzene rings is 8. The number of para-hydroxylation sites is 5. The number of aryl methyl sites for hydroxylation is 1. The molecule has 0 aliphatic rings. The van der Waals surface area contributed by atoms with Gasteiger partial charge in [-0.15, -0.1) is 35.7 Å². The Kier molecular flexibility index (Phi) is 9.10. The minimum absolute atomic E-state index is 0. The second-order valence-electron chi connectivity index (χ2n) is 16.0. The molecule has 0 amide bonds. The second-order valence-corrected chi connectivity index (χ2v) is 16.0. The Bertz CT molecular complexity index is 3730. The van der Waals surface area contributed by atoms with Gasteiger partial charge in [0.15, 0.2) is 0 Å². The summed E-state index contributed by atoms with van der Waals surface area (Å²) in [4.78, 5) is 6.88. The van der Waals surface area contributed by atoms with E-state index in [1.165, 1.54) is 26.3 Å². The molecule has 0 saturated carbocycles. The Balaban J connectivity index is 0.00000444. The van der Waals surface area contributed by atoms with Crippen LogP contribution in [-0.2, 0) is 21.1 Å². The van der Waals surface area contributed by atoms with E-state index in [1.54, 1.807) is 12.4 Å². The van der Waals surface area contributed by atoms with E-state index in [2.05, 4.69) is 201 Å². The first-order valence-corrected chi connectivity index (χ1v) is 21.3. The van der Waals surface area contributed by atoms with Crippen LogP contribution in [0.1, 0.15) is 5.56 Å². The largest absolute Gasteiger partial charge is 2.00 e. The molecule has 9 heteroatoms. The maximum atomic E-state index is 6.41. The third kappa shape index (κ3) is 6.06. The molecule has 0 atom stereocenters. The summed E-state index contributed by atoms with van der Waals surface area (Å²) in [5.74, 6) is 1.88. The van der Waals surface area contributed by atoms with Crippen molar-refractivity contribution in [3.63, 3.8) is 0 Å². The first kappa shape index (κ1) is 38.6. The molecule has 0 saturated heterocycles. The number of ether oxygens (including phenoxy) is 1. The Morgan fingerprint density at radius 2 is 0.938 bits per heavy atom. The molecule has 0 unspecified atom stereocenters. The Labute approximate surface area is 387 Å². The fourth-order valence-corrected chi connectivity index (χ4v) is 9.71. The van der Waals surface area contributed by atoms with Crippen LogP contribution in [0.4, 0.5) is 0 Å². The molecule has 0 radical (unpaired) electrons. The number of aromatic nitrogens is 7. The van der Waals surface area contributed by atoms with Crippen LogP contribution in [0.5, 0.6) is 11.5 Å². The van der Waals surface area contributed by atoms with Crippen molar-refractivity contribution < 1.29 is 25.8 Å². The van der Waals surface area contributed by atoms with Crippen molar-refractivity contribution in [2.75, 3.05) is 0 Å². The molecule has 65 heavy (non-hydrogen) atoms. The number of hydrogen-bond donors (Lipinski definition) is 0. The fraction of sp³-hybridized carbons (Fsp3) is 0.0179. The predicted molar refractivity (Wildman–Crippen MR) is 257 cm³/mol. The zero-order chi connectivity index (χ0) is 42.3. The standard InChI is InChI=1S/C56H35N7O.Pt/c1-36-32-55(62-51-25-11-6-20-44(51)45-29-28-39(34-54(45)62)64-38-15-12-14-37(33-38)63-58-30-31-59-63)57-35-46(36)56-52(60-47-21-7-2-16-40(47)41-17-3-8-22-48(41)60)26-13-27-53(56)61-49-23-9-4-18-42(49)43-19-5-10-24-50(43)61;/h2-32,35H,1H3;/q-2;+2. The van der Waals surface area contributed by atoms with E-state index in [0.717, 1.165) is 77.8 Å². The third-order valence-electron chi connectivity index (χ3n) is 12.4. The van der Waals surface area contributed by atoms with Crippen molar-refractivity contribution in [3.05, 3.63) is 212 Å². The van der Waals surface area contributed by atoms with Crippen molar-refractivity contribution >= 4 is 65.4 Å². The smallest absolute Gasteiger partial charge is 0.509 e. The number of hydrogen-bond acceptors (Lipinski definition) is 4. The Morgan fingerprint density at radius 1 is 0.462 bits per heavy atom. The number of pyridine rings is 1. The van der Waals surface area contributed by atoms with Gasteiger partial charge in [0, 0.05) is 55.9 Å². The molecule has 5 heterocycles. The van der Waals surface area contributed by atoms with Crippen molar-refractivity contribution in [2.24, 2.45) is 0 Å². The zero-order valence-electron chi connectivity index (χ0n) is 34.8. The summed E-state index contributed by atoms with van der Waals surface area (Å²) < 4.78 is 13.4. The van der Waals surface area contributed by atoms with Gasteiger partial charge >= 0.3 is 21.1 Å². The van der Waals surface area contributed by atoms with Crippen molar-refractivity contribution in [3.8, 4) is 45.5 Å². The van der Waals surface area contributed by atoms with Crippen LogP contribution in [0.15, 0.2) is 195 Å². The van der Waals surface area contributed by atoms with Crippen LogP contribution in [-0.4, -0.2) is 33.7 Å². The quantitative estimate of drug-likeness (QED) is 0.149. The van der Waals surface area contributed by atoms with Crippen LogP contribution < -0.4 is 4.74 Å². The van der Waals surface area contributed by atoms with Gasteiger partial charge in [-0.05, 0) is 72.1 Å². The average molecular weight is 1020 g/mol. The van der Waals surface area contributed by atoms with E-state index in [0.29, 0.717) is 17.2 Å². The molecule has 0 bridgehead atoms. The summed E-state index contributed by atoms with van der Waals surface area (Å²) in [5.41, 5.74) is 12.5. The molecular weight excluding hydrogens is 982 g/mol. The summed E-state index contributed by atoms with van der Waals surface area (Å²) in [5, 5.41) is 15.5. The first-order valence-electron chi connectivity index (χ1n) is 21.3. The van der Waals surface area contributed by atoms with Gasteiger partial charge in [-0.1, -0.05) is 103 Å². The van der Waals surface area contributed by atoms with Gasteiger partial charge in [-0.25, -0.2) is 4.98 Å². The van der Waals surface area contributed by atoms with E-state index in [4.69, 9.17) is 9.72 Å². The van der Waals surface area contributed by atoms with Gasteiger partial charge in [0.1, 0.15) is 5.82 Å². The Hall–Kier alpha value is -8.06. The molecule has 8 nitrogen and oxygen atoms in total. The maximum absolute atomic E-state index is 6.41. The molecule has 8 aromatic carbocycles. The van der Waals surface area contributed by atoms with Crippen LogP contribution in [0, 0.1) is 19.1 Å². The molecule has 310 valence electrons. The topological polar surface area (TPSA) is 67.6 Å². The van der Waals surface area contributed by atoms with E-state index in [1.807, 2.05) is 24.3 Å². The molecule has 0 N–H and O–H groups in total. The van der Waals surface area contributed by atoms with Crippen molar-refractivity contribution in [1.82, 2.24) is 33.7 Å². The number of fused-ring (bicyclic) bond motifs is 9. The molecule has 13 aromatic rings. The average Bonchev–Trinajstić information content (AvgIpc) is 4.14. The SMILES string of the molecule is Cc1cc(-n2c3[c-]c(Oc4[c-]c(-n5nccn5)ccc4)ccc3c3ccccc32)ncc1-c1c(-n2c3ccccc3c3ccccc32)cccc1-n1c2ccccc2c2ccccc21.[Pt+2]. The molecule has 0 spiro atoms. The van der Waals surface area contributed by atoms with Gasteiger partial charge in [-0.2, -0.15) is 27.1 Å². The third-order valence-corrected chi connectivity index (χ3v) is 12.4. The van der Waals surface area contributed by atoms with Gasteiger partial charge in [0.05, 0.1) is 45.8 Å². The summed E-state index contributed by atoms with van der Waals surface area (Å²) in [6.45, 7) is 2.20. The molecular formula is C56H35N7OPt. The summed E-state index contributed by atoms with van der Waals surface area (Å²) >= 11 is 0. The fourth-order valence-electron chi connectivity index (χ4n) is 9.71. The van der Waals surface area contributed by atoms with Crippen molar-refractivity contribution in [1.29, 1.82) is 0 Å². The molecule has 5 aromatic heterocycles. The van der Waals surface area contributed by atoms with Crippen LogP contribution in [0.3, 0.4) is 0 Å². The first-order chi connectivity index (χ1) is 31.7. The van der Waals surface area contributed by atoms with Gasteiger partial charge in [0.2, 0.25) is 0 Å². The van der Waals surface area contributed by atoms with Crippen molar-refractivity contribution in [2.45, 2.75) is 6.92 Å². The predicted octanol–water partition coefficient (Wildman–Crippen LogP) is 13.3. The summed E-state index contributed by atoms with van der Waals surface area (Å²) in [6.07, 6.45) is 5.33. The minimum Gasteiger partial charge on any atom is -0.509 e. The number of rotatable bonds is 7. The van der Waals surface area contributed by atoms with Crippen LogP contribution in [0.25, 0.3) is 99.4 Å². The van der Waals surface area contributed by atoms with Gasteiger partial charge in [-0.3, -0.25) is 0 Å². The van der Waals surface area contributed by atoms with Crippen LogP contribution in [0.2, 0.25) is 0 Å². The van der Waals surface area contributed by atoms with Gasteiger partial charge < -0.3 is 18.4 Å². The van der Waals surface area contributed by atoms with E-state index in [9.17, 15) is 0 Å². The summed E-state index contributed by atoms with van der Waals surface area (Å²) in [7, 11) is 0. The summed E-state index contributed by atoms with van der Waals surface area (Å²) in [6, 6.07) is 68.7. The molecule has 0 fully saturated rings. The van der Waals surface area contributed by atoms with E-state index in [-0.39, 0.29) is 21.1 Å². The van der Waals surface area contributed by atoms with E-state index >= 15 is 0 Å². The van der Waals surface area contributed by atoms with E-state index < -0.39 is 0 Å².